The van der Waals surface area contributed by atoms with Gasteiger partial charge in [-0.3, -0.25) is 4.79 Å². The Hall–Kier alpha value is -0.990. The predicted molar refractivity (Wildman–Crippen MR) is 71.2 cm³/mol. The van der Waals surface area contributed by atoms with Crippen LogP contribution in [-0.2, 0) is 14.8 Å². The molecular formula is C10H17N3O3S2. The number of rotatable bonds is 5. The van der Waals surface area contributed by atoms with Crippen LogP contribution in [0.15, 0.2) is 4.21 Å². The van der Waals surface area contributed by atoms with Gasteiger partial charge in [0.25, 0.3) is 10.0 Å². The van der Waals surface area contributed by atoms with E-state index in [1.165, 1.54) is 6.92 Å². The summed E-state index contributed by atoms with van der Waals surface area (Å²) in [6.07, 6.45) is 0.704. The van der Waals surface area contributed by atoms with E-state index in [4.69, 9.17) is 0 Å². The Morgan fingerprint density at radius 1 is 1.50 bits per heavy atom. The van der Waals surface area contributed by atoms with E-state index in [-0.39, 0.29) is 16.2 Å². The molecule has 1 rings (SSSR count). The van der Waals surface area contributed by atoms with Crippen molar-refractivity contribution in [2.45, 2.75) is 44.4 Å². The normalized spacial score (nSPS) is 13.3. The average Bonchev–Trinajstić information content (AvgIpc) is 2.58. The quantitative estimate of drug-likeness (QED) is 0.860. The van der Waals surface area contributed by atoms with Gasteiger partial charge >= 0.3 is 0 Å². The molecule has 1 unspecified atom stereocenters. The zero-order valence-electron chi connectivity index (χ0n) is 10.8. The molecule has 0 aliphatic heterocycles. The first-order valence-corrected chi connectivity index (χ1v) is 7.83. The monoisotopic (exact) mass is 291 g/mol. The summed E-state index contributed by atoms with van der Waals surface area (Å²) in [5.74, 6) is -0.275. The topological polar surface area (TPSA) is 88.2 Å². The van der Waals surface area contributed by atoms with Gasteiger partial charge in [-0.2, -0.15) is 0 Å². The van der Waals surface area contributed by atoms with Gasteiger partial charge in [0, 0.05) is 13.0 Å². The summed E-state index contributed by atoms with van der Waals surface area (Å²) < 4.78 is 26.8. The number of anilines is 1. The number of hydrogen-bond acceptors (Lipinski definition) is 5. The van der Waals surface area contributed by atoms with Crippen LogP contribution in [0.4, 0.5) is 5.13 Å². The first-order valence-electron chi connectivity index (χ1n) is 5.53. The third kappa shape index (κ3) is 3.76. The molecule has 0 aliphatic rings. The van der Waals surface area contributed by atoms with Crippen molar-refractivity contribution >= 4 is 32.4 Å². The van der Waals surface area contributed by atoms with E-state index in [2.05, 4.69) is 15.0 Å². The van der Waals surface area contributed by atoms with Crippen molar-refractivity contribution in [3.63, 3.8) is 0 Å². The molecule has 6 nitrogen and oxygen atoms in total. The molecule has 0 radical (unpaired) electrons. The number of sulfonamides is 1. The molecule has 8 heteroatoms. The lowest BCUT2D eigenvalue weighted by molar-refractivity contribution is -0.114. The Bertz CT molecular complexity index is 537. The minimum Gasteiger partial charge on any atom is -0.302 e. The Balaban J connectivity index is 3.02. The first kappa shape index (κ1) is 15.1. The van der Waals surface area contributed by atoms with Gasteiger partial charge in [-0.05, 0) is 20.3 Å². The molecule has 0 spiro atoms. The van der Waals surface area contributed by atoms with Crippen LogP contribution in [-0.4, -0.2) is 25.4 Å². The van der Waals surface area contributed by atoms with Gasteiger partial charge in [-0.25, -0.2) is 18.1 Å². The Labute approximate surface area is 111 Å². The van der Waals surface area contributed by atoms with Crippen LogP contribution in [0, 0.1) is 6.92 Å². The maximum atomic E-state index is 12.1. The van der Waals surface area contributed by atoms with E-state index in [0.29, 0.717) is 17.2 Å². The average molecular weight is 291 g/mol. The van der Waals surface area contributed by atoms with Crippen molar-refractivity contribution in [1.29, 1.82) is 0 Å². The second-order valence-electron chi connectivity index (χ2n) is 4.00. The second kappa shape index (κ2) is 5.77. The van der Waals surface area contributed by atoms with E-state index in [1.807, 2.05) is 6.92 Å². The molecule has 18 heavy (non-hydrogen) atoms. The van der Waals surface area contributed by atoms with Gasteiger partial charge in [0.15, 0.2) is 9.34 Å². The summed E-state index contributed by atoms with van der Waals surface area (Å²) in [7, 11) is -3.56. The van der Waals surface area contributed by atoms with Crippen molar-refractivity contribution in [1.82, 2.24) is 9.71 Å². The number of aryl methyl sites for hydroxylation is 1. The maximum Gasteiger partial charge on any atom is 0.252 e. The van der Waals surface area contributed by atoms with E-state index in [9.17, 15) is 13.2 Å². The van der Waals surface area contributed by atoms with Gasteiger partial charge in [0.1, 0.15) is 0 Å². The molecule has 1 heterocycles. The fourth-order valence-electron chi connectivity index (χ4n) is 1.24. The summed E-state index contributed by atoms with van der Waals surface area (Å²) in [4.78, 5) is 14.9. The Morgan fingerprint density at radius 3 is 2.61 bits per heavy atom. The SMILES string of the molecule is CCC(C)NS(=O)(=O)c1sc(NC(C)=O)nc1C. The molecule has 0 aromatic carbocycles. The Morgan fingerprint density at radius 2 is 2.11 bits per heavy atom. The molecule has 102 valence electrons. The fraction of sp³-hybridized carbons (Fsp3) is 0.600. The third-order valence-electron chi connectivity index (χ3n) is 2.25. The maximum absolute atomic E-state index is 12.1. The van der Waals surface area contributed by atoms with Crippen LogP contribution in [0.2, 0.25) is 0 Å². The lowest BCUT2D eigenvalue weighted by Gasteiger charge is -2.10. The van der Waals surface area contributed by atoms with Crippen LogP contribution in [0.1, 0.15) is 32.9 Å². The third-order valence-corrected chi connectivity index (χ3v) is 5.52. The molecule has 0 fully saturated rings. The number of hydrogen-bond donors (Lipinski definition) is 2. The molecule has 0 saturated heterocycles. The van der Waals surface area contributed by atoms with Gasteiger partial charge in [0.2, 0.25) is 5.91 Å². The lowest BCUT2D eigenvalue weighted by atomic mass is 10.3. The summed E-state index contributed by atoms with van der Waals surface area (Å²) in [5, 5.41) is 2.78. The minimum atomic E-state index is -3.56. The highest BCUT2D eigenvalue weighted by Crippen LogP contribution is 2.27. The number of amides is 1. The number of nitrogens with zero attached hydrogens (tertiary/aromatic N) is 1. The molecule has 1 aromatic rings. The number of aromatic nitrogens is 1. The molecule has 1 amide bonds. The van der Waals surface area contributed by atoms with Gasteiger partial charge in [0.05, 0.1) is 5.69 Å². The molecule has 0 aliphatic carbocycles. The van der Waals surface area contributed by atoms with E-state index < -0.39 is 10.0 Å². The molecule has 1 aromatic heterocycles. The van der Waals surface area contributed by atoms with Crippen molar-refractivity contribution in [2.24, 2.45) is 0 Å². The van der Waals surface area contributed by atoms with Crippen molar-refractivity contribution < 1.29 is 13.2 Å². The highest BCUT2D eigenvalue weighted by Gasteiger charge is 2.23. The van der Waals surface area contributed by atoms with Crippen molar-refractivity contribution in [3.8, 4) is 0 Å². The number of carbonyl (C=O) groups is 1. The molecular weight excluding hydrogens is 274 g/mol. The lowest BCUT2D eigenvalue weighted by Crippen LogP contribution is -2.31. The van der Waals surface area contributed by atoms with E-state index in [0.717, 1.165) is 11.3 Å². The summed E-state index contributed by atoms with van der Waals surface area (Å²) in [6.45, 7) is 6.65. The van der Waals surface area contributed by atoms with Crippen LogP contribution in [0.5, 0.6) is 0 Å². The highest BCUT2D eigenvalue weighted by molar-refractivity contribution is 7.91. The summed E-state index contributed by atoms with van der Waals surface area (Å²) in [6, 6.07) is -0.138. The number of carbonyl (C=O) groups excluding carboxylic acids is 1. The molecule has 0 saturated carbocycles. The predicted octanol–water partition coefficient (Wildman–Crippen LogP) is 1.49. The first-order chi connectivity index (χ1) is 8.26. The smallest absolute Gasteiger partial charge is 0.252 e. The van der Waals surface area contributed by atoms with Gasteiger partial charge in [-0.15, -0.1) is 0 Å². The minimum absolute atomic E-state index is 0.138. The zero-order valence-corrected chi connectivity index (χ0v) is 12.4. The second-order valence-corrected chi connectivity index (χ2v) is 6.91. The number of nitrogens with one attached hydrogen (secondary N) is 2. The summed E-state index contributed by atoms with van der Waals surface area (Å²) in [5.41, 5.74) is 0.388. The van der Waals surface area contributed by atoms with Gasteiger partial charge < -0.3 is 5.32 Å². The van der Waals surface area contributed by atoms with Crippen LogP contribution < -0.4 is 10.0 Å². The van der Waals surface area contributed by atoms with Crippen LogP contribution >= 0.6 is 11.3 Å². The van der Waals surface area contributed by atoms with Crippen LogP contribution in [0.3, 0.4) is 0 Å². The largest absolute Gasteiger partial charge is 0.302 e. The van der Waals surface area contributed by atoms with Crippen molar-refractivity contribution in [2.75, 3.05) is 5.32 Å². The zero-order chi connectivity index (χ0) is 13.9. The van der Waals surface area contributed by atoms with Crippen LogP contribution in [0.25, 0.3) is 0 Å². The van der Waals surface area contributed by atoms with Gasteiger partial charge in [-0.1, -0.05) is 18.3 Å². The molecule has 0 bridgehead atoms. The standard InChI is InChI=1S/C10H17N3O3S2/c1-5-6(2)13-18(15,16)9-7(3)11-10(17-9)12-8(4)14/h6,13H,5H2,1-4H3,(H,11,12,14). The summed E-state index contributed by atoms with van der Waals surface area (Å²) >= 11 is 0.954. The fourth-order valence-corrected chi connectivity index (χ4v) is 4.04. The van der Waals surface area contributed by atoms with E-state index in [1.54, 1.807) is 13.8 Å². The van der Waals surface area contributed by atoms with Crippen molar-refractivity contribution in [3.05, 3.63) is 5.69 Å². The van der Waals surface area contributed by atoms with E-state index >= 15 is 0 Å². The highest BCUT2D eigenvalue weighted by atomic mass is 32.2. The number of thiazole rings is 1. The Kier molecular flexibility index (Phi) is 4.83. The molecule has 2 N–H and O–H groups in total. The molecule has 1 atom stereocenters.